The molecule has 144 valence electrons. The van der Waals surface area contributed by atoms with Crippen LogP contribution in [-0.2, 0) is 9.53 Å². The van der Waals surface area contributed by atoms with Crippen molar-refractivity contribution in [2.45, 2.75) is 6.92 Å². The highest BCUT2D eigenvalue weighted by Gasteiger charge is 2.27. The zero-order valence-corrected chi connectivity index (χ0v) is 15.9. The Balaban J connectivity index is 1.55. The Hall–Kier alpha value is -2.91. The molecule has 0 N–H and O–H groups in total. The Kier molecular flexibility index (Phi) is 5.01. The minimum absolute atomic E-state index is 0.00184. The van der Waals surface area contributed by atoms with Crippen LogP contribution in [0.4, 0.5) is 5.69 Å². The standard InChI is InChI=1S/C19H17N3O5S/c1-12-2-3-13(22(24)25)10-15(12)16-5-4-14(27-16)11-17-18(23)20-19(28-17)21-6-8-26-9-7-21/h2-5,10-11H,6-9H2,1H3/b17-11-. The van der Waals surface area contributed by atoms with Gasteiger partial charge >= 0.3 is 0 Å². The summed E-state index contributed by atoms with van der Waals surface area (Å²) in [6.07, 6.45) is 1.65. The lowest BCUT2D eigenvalue weighted by molar-refractivity contribution is -0.384. The third-order valence-corrected chi connectivity index (χ3v) is 5.53. The van der Waals surface area contributed by atoms with E-state index in [1.807, 2.05) is 11.8 Å². The van der Waals surface area contributed by atoms with Gasteiger partial charge in [0.1, 0.15) is 11.5 Å². The smallest absolute Gasteiger partial charge is 0.286 e. The van der Waals surface area contributed by atoms with E-state index in [9.17, 15) is 14.9 Å². The quantitative estimate of drug-likeness (QED) is 0.443. The van der Waals surface area contributed by atoms with Crippen molar-refractivity contribution in [3.05, 3.63) is 56.7 Å². The lowest BCUT2D eigenvalue weighted by atomic mass is 10.1. The summed E-state index contributed by atoms with van der Waals surface area (Å²) in [5, 5.41) is 11.7. The highest BCUT2D eigenvalue weighted by atomic mass is 32.2. The molecule has 2 aromatic rings. The van der Waals surface area contributed by atoms with E-state index < -0.39 is 4.92 Å². The van der Waals surface area contributed by atoms with Crippen molar-refractivity contribution in [2.75, 3.05) is 26.3 Å². The zero-order valence-electron chi connectivity index (χ0n) is 15.1. The van der Waals surface area contributed by atoms with Gasteiger partial charge in [-0.05, 0) is 36.4 Å². The van der Waals surface area contributed by atoms with E-state index in [0.29, 0.717) is 53.5 Å². The van der Waals surface area contributed by atoms with E-state index in [1.54, 1.807) is 24.3 Å². The highest BCUT2D eigenvalue weighted by molar-refractivity contribution is 8.18. The number of ether oxygens (including phenoxy) is 1. The molecule has 1 aromatic carbocycles. The van der Waals surface area contributed by atoms with Crippen LogP contribution in [-0.4, -0.2) is 47.2 Å². The van der Waals surface area contributed by atoms with Crippen molar-refractivity contribution in [1.82, 2.24) is 4.90 Å². The fourth-order valence-corrected chi connectivity index (χ4v) is 3.93. The van der Waals surface area contributed by atoms with Gasteiger partial charge in [0.2, 0.25) is 0 Å². The summed E-state index contributed by atoms with van der Waals surface area (Å²) in [4.78, 5) is 29.5. The number of benzene rings is 1. The first kappa shape index (κ1) is 18.5. The molecule has 0 aliphatic carbocycles. The minimum Gasteiger partial charge on any atom is -0.457 e. The Morgan fingerprint density at radius 2 is 2.04 bits per heavy atom. The first-order valence-electron chi connectivity index (χ1n) is 8.72. The van der Waals surface area contributed by atoms with Gasteiger partial charge in [-0.2, -0.15) is 4.99 Å². The van der Waals surface area contributed by atoms with Crippen LogP contribution in [0.1, 0.15) is 11.3 Å². The summed E-state index contributed by atoms with van der Waals surface area (Å²) in [6, 6.07) is 8.11. The van der Waals surface area contributed by atoms with Gasteiger partial charge in [-0.3, -0.25) is 14.9 Å². The fourth-order valence-electron chi connectivity index (χ4n) is 2.98. The molecule has 1 fully saturated rings. The van der Waals surface area contributed by atoms with Crippen LogP contribution in [0.5, 0.6) is 0 Å². The first-order valence-corrected chi connectivity index (χ1v) is 9.53. The summed E-state index contributed by atoms with van der Waals surface area (Å²) in [7, 11) is 0. The van der Waals surface area contributed by atoms with E-state index in [0.717, 1.165) is 5.56 Å². The molecule has 0 bridgehead atoms. The normalized spacial score (nSPS) is 18.6. The van der Waals surface area contributed by atoms with Gasteiger partial charge in [-0.1, -0.05) is 6.07 Å². The molecule has 0 spiro atoms. The molecule has 0 saturated carbocycles. The van der Waals surface area contributed by atoms with Gasteiger partial charge < -0.3 is 14.1 Å². The number of aliphatic imine (C=N–C) groups is 1. The van der Waals surface area contributed by atoms with Gasteiger partial charge in [0.25, 0.3) is 11.6 Å². The average molecular weight is 399 g/mol. The number of furan rings is 1. The Morgan fingerprint density at radius 3 is 2.79 bits per heavy atom. The molecule has 4 rings (SSSR count). The number of hydrogen-bond donors (Lipinski definition) is 0. The number of nitro benzene ring substituents is 1. The predicted octanol–water partition coefficient (Wildman–Crippen LogP) is 3.47. The summed E-state index contributed by atoms with van der Waals surface area (Å²) in [6.45, 7) is 4.53. The van der Waals surface area contributed by atoms with Crippen molar-refractivity contribution in [3.8, 4) is 11.3 Å². The molecule has 0 atom stereocenters. The molecule has 8 nitrogen and oxygen atoms in total. The number of aryl methyl sites for hydroxylation is 1. The molecule has 1 amide bonds. The van der Waals surface area contributed by atoms with E-state index in [1.165, 1.54) is 23.9 Å². The number of nitrogens with zero attached hydrogens (tertiary/aromatic N) is 3. The van der Waals surface area contributed by atoms with Crippen molar-refractivity contribution in [1.29, 1.82) is 0 Å². The van der Waals surface area contributed by atoms with Crippen molar-refractivity contribution < 1.29 is 18.9 Å². The summed E-state index contributed by atoms with van der Waals surface area (Å²) in [5.41, 5.74) is 1.51. The zero-order chi connectivity index (χ0) is 19.7. The predicted molar refractivity (Wildman–Crippen MR) is 106 cm³/mol. The second-order valence-corrected chi connectivity index (χ2v) is 7.38. The molecule has 9 heteroatoms. The number of morpholine rings is 1. The van der Waals surface area contributed by atoms with Crippen molar-refractivity contribution >= 4 is 34.6 Å². The molecule has 2 aliphatic rings. The lowest BCUT2D eigenvalue weighted by Gasteiger charge is -2.27. The van der Waals surface area contributed by atoms with Crippen LogP contribution >= 0.6 is 11.8 Å². The number of thioether (sulfide) groups is 1. The molecular formula is C19H17N3O5S. The van der Waals surface area contributed by atoms with E-state index in [4.69, 9.17) is 9.15 Å². The third-order valence-electron chi connectivity index (χ3n) is 4.49. The van der Waals surface area contributed by atoms with Crippen molar-refractivity contribution in [2.24, 2.45) is 4.99 Å². The van der Waals surface area contributed by atoms with Crippen LogP contribution < -0.4 is 0 Å². The molecule has 28 heavy (non-hydrogen) atoms. The monoisotopic (exact) mass is 399 g/mol. The van der Waals surface area contributed by atoms with Gasteiger partial charge in [0.15, 0.2) is 5.17 Å². The van der Waals surface area contributed by atoms with E-state index in [2.05, 4.69) is 4.99 Å². The van der Waals surface area contributed by atoms with E-state index in [-0.39, 0.29) is 11.6 Å². The SMILES string of the molecule is Cc1ccc([N+](=O)[O-])cc1-c1ccc(/C=C2\SC(N3CCOCC3)=NC2=O)o1. The van der Waals surface area contributed by atoms with Crippen LogP contribution in [0.2, 0.25) is 0 Å². The number of carbonyl (C=O) groups is 1. The largest absolute Gasteiger partial charge is 0.457 e. The van der Waals surface area contributed by atoms with Gasteiger partial charge in [0.05, 0.1) is 23.0 Å². The summed E-state index contributed by atoms with van der Waals surface area (Å²) in [5.74, 6) is 0.712. The number of carbonyl (C=O) groups excluding carboxylic acids is 1. The Bertz CT molecular complexity index is 1000. The average Bonchev–Trinajstić information content (AvgIpc) is 3.30. The number of amides is 1. The topological polar surface area (TPSA) is 98.2 Å². The summed E-state index contributed by atoms with van der Waals surface area (Å²) >= 11 is 1.32. The number of rotatable bonds is 3. The van der Waals surface area contributed by atoms with Crippen molar-refractivity contribution in [3.63, 3.8) is 0 Å². The minimum atomic E-state index is -0.437. The Morgan fingerprint density at radius 1 is 1.25 bits per heavy atom. The number of hydrogen-bond acceptors (Lipinski definition) is 7. The highest BCUT2D eigenvalue weighted by Crippen LogP contribution is 2.33. The third kappa shape index (κ3) is 3.71. The van der Waals surface area contributed by atoms with Crippen LogP contribution in [0, 0.1) is 17.0 Å². The maximum atomic E-state index is 12.2. The first-order chi connectivity index (χ1) is 13.5. The fraction of sp³-hybridized carbons (Fsp3) is 0.263. The lowest BCUT2D eigenvalue weighted by Crippen LogP contribution is -2.38. The molecule has 0 unspecified atom stereocenters. The van der Waals surface area contributed by atoms with Gasteiger partial charge in [0, 0.05) is 36.9 Å². The second kappa shape index (κ2) is 7.61. The van der Waals surface area contributed by atoms with Crippen LogP contribution in [0.3, 0.4) is 0 Å². The molecule has 1 aromatic heterocycles. The van der Waals surface area contributed by atoms with Gasteiger partial charge in [-0.25, -0.2) is 0 Å². The number of nitro groups is 1. The molecule has 1 saturated heterocycles. The Labute approximate surface area is 165 Å². The number of amidine groups is 1. The maximum absolute atomic E-state index is 12.2. The second-order valence-electron chi connectivity index (χ2n) is 6.37. The molecule has 3 heterocycles. The summed E-state index contributed by atoms with van der Waals surface area (Å²) < 4.78 is 11.2. The molecular weight excluding hydrogens is 382 g/mol. The molecule has 0 radical (unpaired) electrons. The van der Waals surface area contributed by atoms with Gasteiger partial charge in [-0.15, -0.1) is 0 Å². The van der Waals surface area contributed by atoms with E-state index >= 15 is 0 Å². The molecule has 2 aliphatic heterocycles. The number of non-ortho nitro benzene ring substituents is 1. The van der Waals surface area contributed by atoms with Crippen LogP contribution in [0.15, 0.2) is 44.6 Å². The maximum Gasteiger partial charge on any atom is 0.286 e. The van der Waals surface area contributed by atoms with Crippen LogP contribution in [0.25, 0.3) is 17.4 Å².